The Balaban J connectivity index is 1.23. The van der Waals surface area contributed by atoms with Crippen LogP contribution in [0.25, 0.3) is 50.0 Å². The molecule has 5 aromatic carbocycles. The third-order valence-corrected chi connectivity index (χ3v) is 10.8. The molecule has 0 saturated heterocycles. The zero-order chi connectivity index (χ0) is 40.7. The molecule has 0 aliphatic rings. The maximum atomic E-state index is 13.9. The Labute approximate surface area is 332 Å². The summed E-state index contributed by atoms with van der Waals surface area (Å²) in [7, 11) is 0. The van der Waals surface area contributed by atoms with Crippen LogP contribution in [0.2, 0.25) is 0 Å². The lowest BCUT2D eigenvalue weighted by Crippen LogP contribution is -2.31. The SMILES string of the molecule is CC(C)(C)c1cc(-[n+]2cn(-c3cccc(Oc4ccc5c6cc(C(F)(F)F)ccc6n(-c6cc(C(C)(C)C)ccn6)c5c4)c3)c3ccccc32)cc(C(C)(C)C)c1. The van der Waals surface area contributed by atoms with Gasteiger partial charge in [-0.2, -0.15) is 22.3 Å². The number of para-hydroxylation sites is 2. The summed E-state index contributed by atoms with van der Waals surface area (Å²) >= 11 is 0. The molecule has 0 saturated carbocycles. The van der Waals surface area contributed by atoms with E-state index in [4.69, 9.17) is 9.72 Å². The predicted octanol–water partition coefficient (Wildman–Crippen LogP) is 13.1. The number of halogens is 3. The van der Waals surface area contributed by atoms with E-state index in [0.29, 0.717) is 39.1 Å². The van der Waals surface area contributed by atoms with Crippen LogP contribution in [0, 0.1) is 0 Å². The highest BCUT2D eigenvalue weighted by atomic mass is 19.4. The van der Waals surface area contributed by atoms with Gasteiger partial charge in [0.15, 0.2) is 11.0 Å². The van der Waals surface area contributed by atoms with E-state index in [2.05, 4.69) is 120 Å². The largest absolute Gasteiger partial charge is 0.457 e. The van der Waals surface area contributed by atoms with Crippen LogP contribution in [-0.2, 0) is 22.4 Å². The van der Waals surface area contributed by atoms with Gasteiger partial charge in [-0.05, 0) is 112 Å². The number of hydrogen-bond donors (Lipinski definition) is 0. The number of aromatic nitrogens is 4. The highest BCUT2D eigenvalue weighted by molar-refractivity contribution is 6.09. The Morgan fingerprint density at radius 1 is 0.544 bits per heavy atom. The van der Waals surface area contributed by atoms with Crippen LogP contribution in [0.5, 0.6) is 11.5 Å². The maximum absolute atomic E-state index is 13.9. The summed E-state index contributed by atoms with van der Waals surface area (Å²) in [5.74, 6) is 1.79. The molecule has 57 heavy (non-hydrogen) atoms. The van der Waals surface area contributed by atoms with Crippen molar-refractivity contribution in [3.8, 4) is 28.7 Å². The highest BCUT2D eigenvalue weighted by Crippen LogP contribution is 2.39. The maximum Gasteiger partial charge on any atom is 0.416 e. The monoisotopic (exact) mass is 765 g/mol. The minimum absolute atomic E-state index is 0.0308. The standard InChI is InChI=1S/C49H48F3N4O/c1-46(2,3)31-21-22-53-45(27-31)56-41-20-17-32(49(50,51)52)26-40(41)39-19-18-38(29-44(39)56)57-37-14-12-13-35(28-37)54-30-55(43-16-11-10-15-42(43)54)36-24-33(47(4,5)6)23-34(25-36)48(7,8)9/h10-30H,1-9H3/q+1. The molecule has 0 aliphatic heterocycles. The Bertz CT molecular complexity index is 2790. The molecule has 3 heterocycles. The molecule has 5 nitrogen and oxygen atoms in total. The van der Waals surface area contributed by atoms with E-state index in [9.17, 15) is 13.2 Å². The first-order chi connectivity index (χ1) is 26.8. The summed E-state index contributed by atoms with van der Waals surface area (Å²) in [5.41, 5.74) is 8.17. The molecule has 0 unspecified atom stereocenters. The number of fused-ring (bicyclic) bond motifs is 4. The van der Waals surface area contributed by atoms with Crippen LogP contribution >= 0.6 is 0 Å². The van der Waals surface area contributed by atoms with Gasteiger partial charge in [0, 0.05) is 29.1 Å². The van der Waals surface area contributed by atoms with Crippen LogP contribution < -0.4 is 9.30 Å². The molecule has 0 fully saturated rings. The van der Waals surface area contributed by atoms with E-state index < -0.39 is 11.7 Å². The number of hydrogen-bond acceptors (Lipinski definition) is 2. The van der Waals surface area contributed by atoms with Gasteiger partial charge in [0.25, 0.3) is 6.33 Å². The molecule has 0 atom stereocenters. The second-order valence-electron chi connectivity index (χ2n) is 18.1. The second-order valence-corrected chi connectivity index (χ2v) is 18.1. The summed E-state index contributed by atoms with van der Waals surface area (Å²) in [6.07, 6.45) is -0.587. The second kappa shape index (κ2) is 13.4. The highest BCUT2D eigenvalue weighted by Gasteiger charge is 2.32. The Hall–Kier alpha value is -5.89. The first-order valence-corrected chi connectivity index (χ1v) is 19.3. The average Bonchev–Trinajstić information content (AvgIpc) is 3.69. The van der Waals surface area contributed by atoms with Gasteiger partial charge in [-0.25, -0.2) is 4.98 Å². The van der Waals surface area contributed by atoms with Crippen molar-refractivity contribution < 1.29 is 22.5 Å². The zero-order valence-electron chi connectivity index (χ0n) is 34.0. The molecule has 0 N–H and O–H groups in total. The third kappa shape index (κ3) is 7.18. The van der Waals surface area contributed by atoms with Gasteiger partial charge < -0.3 is 4.74 Å². The van der Waals surface area contributed by atoms with Crippen molar-refractivity contribution >= 4 is 32.8 Å². The molecular formula is C49H48F3N4O+. The number of ether oxygens (including phenoxy) is 1. The number of benzene rings is 5. The third-order valence-electron chi connectivity index (χ3n) is 10.8. The van der Waals surface area contributed by atoms with E-state index in [0.717, 1.165) is 34.0 Å². The van der Waals surface area contributed by atoms with Crippen molar-refractivity contribution in [3.05, 3.63) is 150 Å². The first-order valence-electron chi connectivity index (χ1n) is 19.3. The Morgan fingerprint density at radius 3 is 1.91 bits per heavy atom. The molecule has 8 heteroatoms. The fourth-order valence-electron chi connectivity index (χ4n) is 7.47. The van der Waals surface area contributed by atoms with Crippen LogP contribution in [-0.4, -0.2) is 14.1 Å². The van der Waals surface area contributed by atoms with Crippen molar-refractivity contribution in [3.63, 3.8) is 0 Å². The summed E-state index contributed by atoms with van der Waals surface area (Å²) in [6.45, 7) is 19.9. The molecule has 0 bridgehead atoms. The fraction of sp³-hybridized carbons (Fsp3) is 0.265. The lowest BCUT2D eigenvalue weighted by Gasteiger charge is -2.25. The molecule has 0 aliphatic carbocycles. The minimum Gasteiger partial charge on any atom is -0.457 e. The van der Waals surface area contributed by atoms with Gasteiger partial charge in [0.2, 0.25) is 0 Å². The van der Waals surface area contributed by atoms with Crippen LogP contribution in [0.15, 0.2) is 128 Å². The van der Waals surface area contributed by atoms with Crippen LogP contribution in [0.1, 0.15) is 84.6 Å². The van der Waals surface area contributed by atoms with E-state index in [-0.39, 0.29) is 16.2 Å². The minimum atomic E-state index is -4.47. The summed E-state index contributed by atoms with van der Waals surface area (Å²) < 4.78 is 54.7. The van der Waals surface area contributed by atoms with Crippen LogP contribution in [0.4, 0.5) is 13.2 Å². The summed E-state index contributed by atoms with van der Waals surface area (Å²) in [4.78, 5) is 4.70. The molecule has 8 aromatic rings. The summed E-state index contributed by atoms with van der Waals surface area (Å²) in [6, 6.07) is 36.6. The molecular weight excluding hydrogens is 718 g/mol. The van der Waals surface area contributed by atoms with Crippen molar-refractivity contribution in [1.82, 2.24) is 14.1 Å². The van der Waals surface area contributed by atoms with E-state index in [1.807, 2.05) is 59.2 Å². The molecule has 290 valence electrons. The quantitative estimate of drug-likeness (QED) is 0.164. The molecule has 0 amide bonds. The number of imidazole rings is 1. The Morgan fingerprint density at radius 2 is 1.23 bits per heavy atom. The lowest BCUT2D eigenvalue weighted by molar-refractivity contribution is -0.567. The van der Waals surface area contributed by atoms with E-state index >= 15 is 0 Å². The van der Waals surface area contributed by atoms with Crippen molar-refractivity contribution in [2.75, 3.05) is 0 Å². The van der Waals surface area contributed by atoms with E-state index in [1.54, 1.807) is 6.20 Å². The number of nitrogens with zero attached hydrogens (tertiary/aromatic N) is 4. The van der Waals surface area contributed by atoms with Gasteiger partial charge in [-0.1, -0.05) is 86.6 Å². The molecule has 0 spiro atoms. The molecule has 3 aromatic heterocycles. The van der Waals surface area contributed by atoms with Gasteiger partial charge >= 0.3 is 6.18 Å². The number of rotatable bonds is 5. The fourth-order valence-corrected chi connectivity index (χ4v) is 7.47. The van der Waals surface area contributed by atoms with E-state index in [1.165, 1.54) is 23.3 Å². The number of alkyl halides is 3. The number of pyridine rings is 1. The van der Waals surface area contributed by atoms with Gasteiger partial charge in [0.1, 0.15) is 28.7 Å². The average molecular weight is 766 g/mol. The van der Waals surface area contributed by atoms with Gasteiger partial charge in [-0.15, -0.1) is 0 Å². The normalized spacial score (nSPS) is 12.9. The summed E-state index contributed by atoms with van der Waals surface area (Å²) in [5, 5.41) is 1.17. The van der Waals surface area contributed by atoms with Crippen molar-refractivity contribution in [2.24, 2.45) is 0 Å². The predicted molar refractivity (Wildman–Crippen MR) is 225 cm³/mol. The van der Waals surface area contributed by atoms with Gasteiger partial charge in [-0.3, -0.25) is 4.57 Å². The van der Waals surface area contributed by atoms with Gasteiger partial charge in [0.05, 0.1) is 16.6 Å². The van der Waals surface area contributed by atoms with Crippen molar-refractivity contribution in [1.29, 1.82) is 0 Å². The molecule has 8 rings (SSSR count). The molecule has 0 radical (unpaired) electrons. The van der Waals surface area contributed by atoms with Crippen molar-refractivity contribution in [2.45, 2.75) is 84.7 Å². The first kappa shape index (κ1) is 38.0. The lowest BCUT2D eigenvalue weighted by atomic mass is 9.80. The topological polar surface area (TPSA) is 35.9 Å². The van der Waals surface area contributed by atoms with Crippen LogP contribution in [0.3, 0.4) is 0 Å². The smallest absolute Gasteiger partial charge is 0.416 e. The zero-order valence-corrected chi connectivity index (χ0v) is 34.0. The Kier molecular flexibility index (Phi) is 8.91.